The Balaban J connectivity index is 2.23. The Morgan fingerprint density at radius 2 is 1.77 bits per heavy atom. The molecule has 112 valence electrons. The Morgan fingerprint density at radius 3 is 2.45 bits per heavy atom. The van der Waals surface area contributed by atoms with Gasteiger partial charge in [-0.05, 0) is 24.3 Å². The highest BCUT2D eigenvalue weighted by atomic mass is 19.4. The number of alkyl halides is 3. The van der Waals surface area contributed by atoms with E-state index in [1.165, 1.54) is 12.4 Å². The van der Waals surface area contributed by atoms with Crippen LogP contribution < -0.4 is 5.73 Å². The number of benzene rings is 1. The lowest BCUT2D eigenvalue weighted by atomic mass is 10.0. The summed E-state index contributed by atoms with van der Waals surface area (Å²) in [5.41, 5.74) is 4.62. The third kappa shape index (κ3) is 2.32. The van der Waals surface area contributed by atoms with Gasteiger partial charge in [-0.3, -0.25) is 4.98 Å². The van der Waals surface area contributed by atoms with Crippen molar-refractivity contribution in [1.82, 2.24) is 15.2 Å². The number of hydrogen-bond acceptors (Lipinski definition) is 4. The molecule has 0 aliphatic carbocycles. The fourth-order valence-corrected chi connectivity index (χ4v) is 2.10. The number of rotatable bonds is 1. The maximum Gasteiger partial charge on any atom is 0.416 e. The highest BCUT2D eigenvalue weighted by Gasteiger charge is 2.31. The molecule has 22 heavy (non-hydrogen) atoms. The zero-order valence-electron chi connectivity index (χ0n) is 10.9. The summed E-state index contributed by atoms with van der Waals surface area (Å²) < 4.78 is 51.8. The van der Waals surface area contributed by atoms with Crippen molar-refractivity contribution in [3.63, 3.8) is 0 Å². The number of fused-ring (bicyclic) bond motifs is 1. The molecule has 0 saturated heterocycles. The van der Waals surface area contributed by atoms with E-state index in [2.05, 4.69) is 15.2 Å². The quantitative estimate of drug-likeness (QED) is 0.699. The molecule has 0 unspecified atom stereocenters. The molecule has 0 saturated carbocycles. The summed E-state index contributed by atoms with van der Waals surface area (Å²) in [6.07, 6.45) is -1.72. The van der Waals surface area contributed by atoms with Crippen LogP contribution in [0.3, 0.4) is 0 Å². The Labute approximate surface area is 121 Å². The van der Waals surface area contributed by atoms with Gasteiger partial charge in [-0.2, -0.15) is 13.2 Å². The van der Waals surface area contributed by atoms with Gasteiger partial charge >= 0.3 is 6.18 Å². The topological polar surface area (TPSA) is 64.7 Å². The molecule has 2 N–H and O–H groups in total. The normalized spacial score (nSPS) is 11.8. The minimum atomic E-state index is -4.61. The SMILES string of the molecule is Nc1nnc(-c2ccc(C(F)(F)F)cc2F)c2ccncc12. The summed E-state index contributed by atoms with van der Waals surface area (Å²) in [5, 5.41) is 8.41. The van der Waals surface area contributed by atoms with Gasteiger partial charge in [0.05, 0.1) is 5.56 Å². The highest BCUT2D eigenvalue weighted by molar-refractivity contribution is 5.98. The maximum atomic E-state index is 14.1. The average Bonchev–Trinajstić information content (AvgIpc) is 2.47. The number of nitrogen functional groups attached to an aromatic ring is 1. The minimum absolute atomic E-state index is 0.0864. The zero-order valence-corrected chi connectivity index (χ0v) is 10.9. The maximum absolute atomic E-state index is 14.1. The molecule has 0 fully saturated rings. The molecule has 0 bridgehead atoms. The molecule has 0 spiro atoms. The zero-order chi connectivity index (χ0) is 15.9. The number of hydrogen-bond donors (Lipinski definition) is 1. The largest absolute Gasteiger partial charge is 0.416 e. The van der Waals surface area contributed by atoms with E-state index >= 15 is 0 Å². The van der Waals surface area contributed by atoms with E-state index in [4.69, 9.17) is 5.73 Å². The van der Waals surface area contributed by atoms with Gasteiger partial charge in [-0.25, -0.2) is 4.39 Å². The lowest BCUT2D eigenvalue weighted by molar-refractivity contribution is -0.137. The Hall–Kier alpha value is -2.77. The lowest BCUT2D eigenvalue weighted by Gasteiger charge is -2.10. The molecule has 0 radical (unpaired) electrons. The number of nitrogens with two attached hydrogens (primary N) is 1. The first-order chi connectivity index (χ1) is 10.4. The molecule has 3 rings (SSSR count). The predicted molar refractivity (Wildman–Crippen MR) is 72.1 cm³/mol. The second-order valence-electron chi connectivity index (χ2n) is 4.55. The van der Waals surface area contributed by atoms with Gasteiger partial charge in [-0.15, -0.1) is 10.2 Å². The molecule has 8 heteroatoms. The standard InChI is InChI=1S/C14H8F4N4/c15-11-5-7(14(16,17)18)1-2-9(11)12-8-3-4-20-6-10(8)13(19)22-21-12/h1-6H,(H2,19,22). The van der Waals surface area contributed by atoms with E-state index in [0.717, 1.165) is 12.1 Å². The number of pyridine rings is 1. The minimum Gasteiger partial charge on any atom is -0.382 e. The van der Waals surface area contributed by atoms with E-state index in [0.29, 0.717) is 16.8 Å². The van der Waals surface area contributed by atoms with Crippen molar-refractivity contribution in [2.75, 3.05) is 5.73 Å². The first kappa shape index (κ1) is 14.2. The second-order valence-corrected chi connectivity index (χ2v) is 4.55. The van der Waals surface area contributed by atoms with Gasteiger partial charge in [0.2, 0.25) is 0 Å². The summed E-state index contributed by atoms with van der Waals surface area (Å²) in [6, 6.07) is 3.80. The average molecular weight is 308 g/mol. The molecule has 3 aromatic rings. The van der Waals surface area contributed by atoms with Crippen molar-refractivity contribution in [3.8, 4) is 11.3 Å². The van der Waals surface area contributed by atoms with Gasteiger partial charge in [0.25, 0.3) is 0 Å². The van der Waals surface area contributed by atoms with Crippen molar-refractivity contribution in [2.24, 2.45) is 0 Å². The van der Waals surface area contributed by atoms with Crippen LogP contribution in [0.1, 0.15) is 5.56 Å². The fraction of sp³-hybridized carbons (Fsp3) is 0.0714. The molecule has 2 aromatic heterocycles. The number of anilines is 1. The Kier molecular flexibility index (Phi) is 3.16. The van der Waals surface area contributed by atoms with Gasteiger partial charge < -0.3 is 5.73 Å². The van der Waals surface area contributed by atoms with Gasteiger partial charge in [0.1, 0.15) is 11.5 Å². The summed E-state index contributed by atoms with van der Waals surface area (Å²) in [7, 11) is 0. The van der Waals surface area contributed by atoms with Crippen LogP contribution in [0.2, 0.25) is 0 Å². The Morgan fingerprint density at radius 1 is 1.00 bits per heavy atom. The van der Waals surface area contributed by atoms with Crippen molar-refractivity contribution in [1.29, 1.82) is 0 Å². The van der Waals surface area contributed by atoms with Crippen LogP contribution in [0.5, 0.6) is 0 Å². The number of aromatic nitrogens is 3. The number of halogens is 4. The molecule has 0 aliphatic heterocycles. The van der Waals surface area contributed by atoms with Crippen LogP contribution in [-0.2, 0) is 6.18 Å². The van der Waals surface area contributed by atoms with Crippen molar-refractivity contribution in [2.45, 2.75) is 6.18 Å². The van der Waals surface area contributed by atoms with Crippen molar-refractivity contribution in [3.05, 3.63) is 48.0 Å². The lowest BCUT2D eigenvalue weighted by Crippen LogP contribution is -2.06. The second kappa shape index (κ2) is 4.90. The molecule has 0 atom stereocenters. The van der Waals surface area contributed by atoms with Crippen molar-refractivity contribution >= 4 is 16.6 Å². The summed E-state index contributed by atoms with van der Waals surface area (Å²) >= 11 is 0. The molecule has 4 nitrogen and oxygen atoms in total. The third-order valence-corrected chi connectivity index (χ3v) is 3.16. The van der Waals surface area contributed by atoms with E-state index in [1.807, 2.05) is 0 Å². The van der Waals surface area contributed by atoms with E-state index in [9.17, 15) is 17.6 Å². The number of nitrogens with zero attached hydrogens (tertiary/aromatic N) is 3. The van der Waals surface area contributed by atoms with E-state index < -0.39 is 17.6 Å². The Bertz CT molecular complexity index is 861. The molecule has 0 aliphatic rings. The van der Waals surface area contributed by atoms with Gasteiger partial charge in [-0.1, -0.05) is 0 Å². The third-order valence-electron chi connectivity index (χ3n) is 3.16. The molecule has 2 heterocycles. The van der Waals surface area contributed by atoms with Crippen molar-refractivity contribution < 1.29 is 17.6 Å². The summed E-state index contributed by atoms with van der Waals surface area (Å²) in [4.78, 5) is 3.89. The van der Waals surface area contributed by atoms with Crippen LogP contribution in [0, 0.1) is 5.82 Å². The smallest absolute Gasteiger partial charge is 0.382 e. The van der Waals surface area contributed by atoms with E-state index in [1.54, 1.807) is 6.07 Å². The molecular weight excluding hydrogens is 300 g/mol. The summed E-state index contributed by atoms with van der Waals surface area (Å²) in [5.74, 6) is -0.925. The van der Waals surface area contributed by atoms with Crippen LogP contribution in [0.15, 0.2) is 36.7 Å². The summed E-state index contributed by atoms with van der Waals surface area (Å²) in [6.45, 7) is 0. The van der Waals surface area contributed by atoms with Gasteiger partial charge in [0.15, 0.2) is 5.82 Å². The van der Waals surface area contributed by atoms with Crippen LogP contribution in [-0.4, -0.2) is 15.2 Å². The fourth-order valence-electron chi connectivity index (χ4n) is 2.10. The first-order valence-corrected chi connectivity index (χ1v) is 6.11. The molecule has 1 aromatic carbocycles. The van der Waals surface area contributed by atoms with Crippen LogP contribution in [0.4, 0.5) is 23.4 Å². The van der Waals surface area contributed by atoms with Crippen LogP contribution in [0.25, 0.3) is 22.0 Å². The monoisotopic (exact) mass is 308 g/mol. The highest BCUT2D eigenvalue weighted by Crippen LogP contribution is 2.34. The molecular formula is C14H8F4N4. The molecule has 0 amide bonds. The first-order valence-electron chi connectivity index (χ1n) is 6.11. The van der Waals surface area contributed by atoms with E-state index in [-0.39, 0.29) is 17.1 Å². The van der Waals surface area contributed by atoms with Crippen LogP contribution >= 0.6 is 0 Å². The predicted octanol–water partition coefficient (Wildman–Crippen LogP) is 3.43. The van der Waals surface area contributed by atoms with Gasteiger partial charge in [0, 0.05) is 28.7 Å².